The van der Waals surface area contributed by atoms with Crippen molar-refractivity contribution in [3.63, 3.8) is 0 Å². The molecule has 3 aliphatic rings. The van der Waals surface area contributed by atoms with E-state index in [0.29, 0.717) is 12.2 Å². The molecule has 4 atom stereocenters. The summed E-state index contributed by atoms with van der Waals surface area (Å²) in [7, 11) is 0. The minimum absolute atomic E-state index is 0.00569. The van der Waals surface area contributed by atoms with Crippen LogP contribution in [0.2, 0.25) is 0 Å². The lowest BCUT2D eigenvalue weighted by molar-refractivity contribution is -0.141. The number of carbonyl (C=O) groups excluding carboxylic acids is 2. The number of fused-ring (bicyclic) bond motifs is 3. The van der Waals surface area contributed by atoms with Crippen molar-refractivity contribution in [3.8, 4) is 0 Å². The molecule has 27 heavy (non-hydrogen) atoms. The molecule has 3 aliphatic heterocycles. The summed E-state index contributed by atoms with van der Waals surface area (Å²) in [5, 5.41) is 0. The van der Waals surface area contributed by atoms with Crippen LogP contribution in [0.5, 0.6) is 0 Å². The van der Waals surface area contributed by atoms with Crippen LogP contribution in [0.3, 0.4) is 0 Å². The first-order valence-corrected chi connectivity index (χ1v) is 9.83. The number of imide groups is 1. The number of hydrogen-bond acceptors (Lipinski definition) is 4. The molecule has 4 unspecified atom stereocenters. The number of amides is 2. The molecule has 3 fully saturated rings. The minimum Gasteiger partial charge on any atom is -0.370 e. The highest BCUT2D eigenvalue weighted by Crippen LogP contribution is 2.53. The fraction of sp³-hybridized carbons (Fsp3) is 0.550. The molecule has 0 bridgehead atoms. The van der Waals surface area contributed by atoms with Crippen LogP contribution >= 0.6 is 0 Å². The molecule has 4 rings (SSSR count). The van der Waals surface area contributed by atoms with E-state index in [2.05, 4.69) is 16.8 Å². The van der Waals surface area contributed by atoms with Gasteiger partial charge in [-0.1, -0.05) is 25.5 Å². The van der Waals surface area contributed by atoms with E-state index in [4.69, 9.17) is 11.5 Å². The summed E-state index contributed by atoms with van der Waals surface area (Å²) in [6.07, 6.45) is 3.90. The second-order valence-electron chi connectivity index (χ2n) is 7.75. The van der Waals surface area contributed by atoms with Crippen molar-refractivity contribution in [3.05, 3.63) is 29.8 Å². The van der Waals surface area contributed by atoms with Gasteiger partial charge in [0.2, 0.25) is 11.8 Å². The number of nitrogens with zero attached hydrogens (tertiary/aromatic N) is 3. The van der Waals surface area contributed by atoms with E-state index in [1.807, 2.05) is 24.3 Å². The van der Waals surface area contributed by atoms with Crippen LogP contribution in [-0.2, 0) is 9.59 Å². The van der Waals surface area contributed by atoms with Gasteiger partial charge in [-0.3, -0.25) is 19.4 Å². The molecule has 0 spiro atoms. The average molecular weight is 369 g/mol. The maximum absolute atomic E-state index is 13.2. The van der Waals surface area contributed by atoms with Gasteiger partial charge in [0, 0.05) is 18.6 Å². The summed E-state index contributed by atoms with van der Waals surface area (Å²) in [4.78, 5) is 34.1. The van der Waals surface area contributed by atoms with E-state index in [1.54, 1.807) is 0 Å². The zero-order valence-corrected chi connectivity index (χ0v) is 15.7. The average Bonchev–Trinajstić information content (AvgIpc) is 3.27. The standard InChI is InChI=1S/C20H27N5O2/c1-2-3-10-25-18(26)15-14-5-4-11-24(14)17(16(15)19(25)27)12-6-8-13(9-7-12)23-20(21)22/h6-9,14-17H,2-5,10-11H2,1H3,(H4,21,22,23). The molecule has 3 heterocycles. The van der Waals surface area contributed by atoms with E-state index in [-0.39, 0.29) is 41.7 Å². The van der Waals surface area contributed by atoms with E-state index in [1.165, 1.54) is 4.90 Å². The second kappa shape index (κ2) is 6.96. The van der Waals surface area contributed by atoms with Gasteiger partial charge in [0.1, 0.15) is 0 Å². The SMILES string of the molecule is CCCCN1C(=O)C2C(C1=O)C(c1ccc(N=C(N)N)cc1)N1CCCC21. The van der Waals surface area contributed by atoms with Gasteiger partial charge in [-0.15, -0.1) is 0 Å². The fourth-order valence-electron chi connectivity index (χ4n) is 5.09. The second-order valence-corrected chi connectivity index (χ2v) is 7.75. The quantitative estimate of drug-likeness (QED) is 0.465. The van der Waals surface area contributed by atoms with E-state index in [0.717, 1.165) is 37.8 Å². The molecular weight excluding hydrogens is 342 g/mol. The van der Waals surface area contributed by atoms with Crippen LogP contribution in [0.4, 0.5) is 5.69 Å². The van der Waals surface area contributed by atoms with Crippen molar-refractivity contribution >= 4 is 23.5 Å². The Balaban J connectivity index is 1.67. The van der Waals surface area contributed by atoms with Crippen molar-refractivity contribution in [1.29, 1.82) is 0 Å². The Bertz CT molecular complexity index is 771. The van der Waals surface area contributed by atoms with Crippen LogP contribution in [0.1, 0.15) is 44.2 Å². The normalized spacial score (nSPS) is 29.9. The van der Waals surface area contributed by atoms with Gasteiger partial charge in [0.05, 0.1) is 17.5 Å². The summed E-state index contributed by atoms with van der Waals surface area (Å²) in [5.41, 5.74) is 12.6. The first-order valence-electron chi connectivity index (χ1n) is 9.83. The van der Waals surface area contributed by atoms with Gasteiger partial charge in [0.15, 0.2) is 5.96 Å². The lowest BCUT2D eigenvalue weighted by Gasteiger charge is -2.28. The molecular formula is C20H27N5O2. The van der Waals surface area contributed by atoms with Crippen molar-refractivity contribution in [1.82, 2.24) is 9.80 Å². The Kier molecular flexibility index (Phi) is 4.63. The number of unbranched alkanes of at least 4 members (excludes halogenated alkanes) is 1. The molecule has 1 aromatic carbocycles. The van der Waals surface area contributed by atoms with Gasteiger partial charge in [-0.25, -0.2) is 4.99 Å². The Morgan fingerprint density at radius 2 is 1.85 bits per heavy atom. The molecule has 4 N–H and O–H groups in total. The van der Waals surface area contributed by atoms with Crippen molar-refractivity contribution in [2.45, 2.75) is 44.7 Å². The van der Waals surface area contributed by atoms with Crippen molar-refractivity contribution < 1.29 is 9.59 Å². The zero-order chi connectivity index (χ0) is 19.1. The lowest BCUT2D eigenvalue weighted by atomic mass is 9.85. The summed E-state index contributed by atoms with van der Waals surface area (Å²) in [5.74, 6) is -0.402. The highest BCUT2D eigenvalue weighted by molar-refractivity contribution is 6.06. The number of nitrogens with two attached hydrogens (primary N) is 2. The monoisotopic (exact) mass is 369 g/mol. The number of hydrogen-bond donors (Lipinski definition) is 2. The molecule has 0 aromatic heterocycles. The Morgan fingerprint density at radius 3 is 2.52 bits per heavy atom. The summed E-state index contributed by atoms with van der Waals surface area (Å²) >= 11 is 0. The maximum Gasteiger partial charge on any atom is 0.235 e. The maximum atomic E-state index is 13.2. The van der Waals surface area contributed by atoms with E-state index < -0.39 is 0 Å². The van der Waals surface area contributed by atoms with E-state index in [9.17, 15) is 9.59 Å². The Morgan fingerprint density at radius 1 is 1.15 bits per heavy atom. The predicted molar refractivity (Wildman–Crippen MR) is 103 cm³/mol. The molecule has 144 valence electrons. The number of likely N-dealkylation sites (tertiary alicyclic amines) is 1. The molecule has 0 aliphatic carbocycles. The van der Waals surface area contributed by atoms with Gasteiger partial charge >= 0.3 is 0 Å². The van der Waals surface area contributed by atoms with Crippen LogP contribution in [0.25, 0.3) is 0 Å². The molecule has 2 amide bonds. The molecule has 0 saturated carbocycles. The van der Waals surface area contributed by atoms with Crippen molar-refractivity contribution in [2.75, 3.05) is 13.1 Å². The highest BCUT2D eigenvalue weighted by atomic mass is 16.2. The number of benzene rings is 1. The number of aliphatic imine (C=N–C) groups is 1. The Labute approximate surface area is 159 Å². The minimum atomic E-state index is -0.270. The zero-order valence-electron chi connectivity index (χ0n) is 15.7. The lowest BCUT2D eigenvalue weighted by Crippen LogP contribution is -2.39. The number of rotatable bonds is 5. The first kappa shape index (κ1) is 18.0. The third-order valence-corrected chi connectivity index (χ3v) is 6.17. The molecule has 1 aromatic rings. The molecule has 3 saturated heterocycles. The fourth-order valence-corrected chi connectivity index (χ4v) is 5.09. The molecule has 0 radical (unpaired) electrons. The van der Waals surface area contributed by atoms with E-state index >= 15 is 0 Å². The van der Waals surface area contributed by atoms with Crippen LogP contribution in [-0.4, -0.2) is 46.7 Å². The highest BCUT2D eigenvalue weighted by Gasteiger charge is 2.62. The molecule has 7 heteroatoms. The van der Waals surface area contributed by atoms with Crippen LogP contribution in [0.15, 0.2) is 29.3 Å². The largest absolute Gasteiger partial charge is 0.370 e. The third-order valence-electron chi connectivity index (χ3n) is 6.17. The van der Waals surface area contributed by atoms with Crippen LogP contribution in [0, 0.1) is 11.8 Å². The number of guanidine groups is 1. The van der Waals surface area contributed by atoms with Gasteiger partial charge in [-0.2, -0.15) is 0 Å². The van der Waals surface area contributed by atoms with Gasteiger partial charge in [0.25, 0.3) is 0 Å². The summed E-state index contributed by atoms with van der Waals surface area (Å²) in [6, 6.07) is 7.83. The molecule has 7 nitrogen and oxygen atoms in total. The number of carbonyl (C=O) groups is 2. The Hall–Kier alpha value is -2.41. The predicted octanol–water partition coefficient (Wildman–Crippen LogP) is 1.51. The van der Waals surface area contributed by atoms with Crippen LogP contribution < -0.4 is 11.5 Å². The van der Waals surface area contributed by atoms with Gasteiger partial charge < -0.3 is 11.5 Å². The summed E-state index contributed by atoms with van der Waals surface area (Å²) in [6.45, 7) is 3.56. The third kappa shape index (κ3) is 2.90. The smallest absolute Gasteiger partial charge is 0.235 e. The first-order chi connectivity index (χ1) is 13.0. The van der Waals surface area contributed by atoms with Gasteiger partial charge in [-0.05, 0) is 43.5 Å². The topological polar surface area (TPSA) is 105 Å². The summed E-state index contributed by atoms with van der Waals surface area (Å²) < 4.78 is 0. The van der Waals surface area contributed by atoms with Crippen molar-refractivity contribution in [2.24, 2.45) is 28.3 Å².